The molecule has 1 aromatic carbocycles. The standard InChI is InChI=1S/C18H19FN4O4S/c1-10-5-6-12(7-14(10)19)22-28(25,26)16-8-15(27-11(16)2)17-13(9-20-21-17)18(24)23(3)4/h5-9,22H,1-4H3,(H,20,21). The summed E-state index contributed by atoms with van der Waals surface area (Å²) < 4.78 is 47.1. The molecule has 0 unspecified atom stereocenters. The molecular formula is C18H19FN4O4S. The fraction of sp³-hybridized carbons (Fsp3) is 0.222. The van der Waals surface area contributed by atoms with Gasteiger partial charge in [0.25, 0.3) is 15.9 Å². The van der Waals surface area contributed by atoms with E-state index in [2.05, 4.69) is 14.9 Å². The number of aryl methyl sites for hydroxylation is 2. The number of sulfonamides is 1. The van der Waals surface area contributed by atoms with E-state index in [0.717, 1.165) is 6.07 Å². The average Bonchev–Trinajstić information content (AvgIpc) is 3.23. The van der Waals surface area contributed by atoms with Crippen LogP contribution in [0.2, 0.25) is 0 Å². The van der Waals surface area contributed by atoms with Crippen molar-refractivity contribution in [3.63, 3.8) is 0 Å². The zero-order valence-corrected chi connectivity index (χ0v) is 16.5. The Hall–Kier alpha value is -3.14. The van der Waals surface area contributed by atoms with Crippen LogP contribution in [-0.2, 0) is 10.0 Å². The van der Waals surface area contributed by atoms with Gasteiger partial charge in [-0.05, 0) is 31.5 Å². The zero-order valence-electron chi connectivity index (χ0n) is 15.7. The van der Waals surface area contributed by atoms with Crippen molar-refractivity contribution in [2.24, 2.45) is 0 Å². The number of halogens is 1. The summed E-state index contributed by atoms with van der Waals surface area (Å²) in [5, 5.41) is 6.51. The Morgan fingerprint density at radius 1 is 1.25 bits per heavy atom. The fourth-order valence-corrected chi connectivity index (χ4v) is 3.83. The lowest BCUT2D eigenvalue weighted by molar-refractivity contribution is 0.0828. The third-order valence-corrected chi connectivity index (χ3v) is 5.60. The van der Waals surface area contributed by atoms with Crippen LogP contribution in [0.3, 0.4) is 0 Å². The molecule has 2 heterocycles. The fourth-order valence-electron chi connectivity index (χ4n) is 2.60. The van der Waals surface area contributed by atoms with Gasteiger partial charge in [-0.2, -0.15) is 5.10 Å². The van der Waals surface area contributed by atoms with E-state index in [1.165, 1.54) is 36.2 Å². The number of hydrogen-bond donors (Lipinski definition) is 2. The molecule has 0 aliphatic rings. The number of aromatic nitrogens is 2. The van der Waals surface area contributed by atoms with E-state index in [0.29, 0.717) is 5.56 Å². The van der Waals surface area contributed by atoms with Crippen molar-refractivity contribution in [3.05, 3.63) is 53.2 Å². The van der Waals surface area contributed by atoms with E-state index in [9.17, 15) is 17.6 Å². The highest BCUT2D eigenvalue weighted by Gasteiger charge is 2.26. The molecule has 0 aliphatic heterocycles. The number of aromatic amines is 1. The lowest BCUT2D eigenvalue weighted by atomic mass is 10.2. The van der Waals surface area contributed by atoms with Crippen LogP contribution in [-0.4, -0.2) is 43.5 Å². The smallest absolute Gasteiger partial charge is 0.265 e. The minimum Gasteiger partial charge on any atom is -0.458 e. The van der Waals surface area contributed by atoms with E-state index in [-0.39, 0.29) is 39.3 Å². The average molecular weight is 406 g/mol. The molecule has 2 N–H and O–H groups in total. The molecule has 3 aromatic rings. The van der Waals surface area contributed by atoms with Crippen LogP contribution in [0.15, 0.2) is 39.8 Å². The van der Waals surface area contributed by atoms with Gasteiger partial charge in [-0.1, -0.05) is 6.07 Å². The van der Waals surface area contributed by atoms with E-state index >= 15 is 0 Å². The Balaban J connectivity index is 1.97. The van der Waals surface area contributed by atoms with Gasteiger partial charge in [0, 0.05) is 20.2 Å². The van der Waals surface area contributed by atoms with Crippen LogP contribution in [0.25, 0.3) is 11.5 Å². The Morgan fingerprint density at radius 2 is 1.96 bits per heavy atom. The van der Waals surface area contributed by atoms with Crippen molar-refractivity contribution < 1.29 is 22.0 Å². The van der Waals surface area contributed by atoms with Crippen LogP contribution in [0.5, 0.6) is 0 Å². The zero-order chi connectivity index (χ0) is 20.6. The molecule has 0 saturated carbocycles. The first-order chi connectivity index (χ1) is 13.1. The highest BCUT2D eigenvalue weighted by molar-refractivity contribution is 7.92. The third-order valence-electron chi connectivity index (χ3n) is 4.11. The summed E-state index contributed by atoms with van der Waals surface area (Å²) in [7, 11) is -0.853. The first-order valence-electron chi connectivity index (χ1n) is 8.25. The minimum absolute atomic E-state index is 0.0928. The molecule has 0 aliphatic carbocycles. The number of furan rings is 1. The number of H-pyrrole nitrogens is 1. The normalized spacial score (nSPS) is 11.5. The molecule has 10 heteroatoms. The Bertz CT molecular complexity index is 1150. The molecule has 0 saturated heterocycles. The first kappa shape index (κ1) is 19.6. The van der Waals surface area contributed by atoms with Crippen molar-refractivity contribution in [2.45, 2.75) is 18.7 Å². The van der Waals surface area contributed by atoms with Crippen molar-refractivity contribution in [1.82, 2.24) is 15.1 Å². The first-order valence-corrected chi connectivity index (χ1v) is 9.73. The maximum Gasteiger partial charge on any atom is 0.265 e. The Labute approximate surface area is 161 Å². The quantitative estimate of drug-likeness (QED) is 0.677. The van der Waals surface area contributed by atoms with Crippen molar-refractivity contribution in [3.8, 4) is 11.5 Å². The van der Waals surface area contributed by atoms with Gasteiger partial charge in [0.1, 0.15) is 22.2 Å². The number of carbonyl (C=O) groups is 1. The molecule has 8 nitrogen and oxygen atoms in total. The lowest BCUT2D eigenvalue weighted by Crippen LogP contribution is -2.21. The largest absolute Gasteiger partial charge is 0.458 e. The molecule has 0 atom stereocenters. The Kier molecular flexibility index (Phi) is 4.99. The number of rotatable bonds is 5. The minimum atomic E-state index is -4.03. The summed E-state index contributed by atoms with van der Waals surface area (Å²) in [5.41, 5.74) is 1.01. The monoisotopic (exact) mass is 406 g/mol. The topological polar surface area (TPSA) is 108 Å². The van der Waals surface area contributed by atoms with Gasteiger partial charge >= 0.3 is 0 Å². The summed E-state index contributed by atoms with van der Waals surface area (Å²) in [4.78, 5) is 13.5. The number of anilines is 1. The molecule has 3 rings (SSSR count). The highest BCUT2D eigenvalue weighted by atomic mass is 32.2. The van der Waals surface area contributed by atoms with Gasteiger partial charge in [-0.15, -0.1) is 0 Å². The van der Waals surface area contributed by atoms with Crippen LogP contribution in [0.1, 0.15) is 21.7 Å². The van der Waals surface area contributed by atoms with Crippen molar-refractivity contribution >= 4 is 21.6 Å². The van der Waals surface area contributed by atoms with E-state index < -0.39 is 15.8 Å². The molecular weight excluding hydrogens is 387 g/mol. The van der Waals surface area contributed by atoms with Gasteiger partial charge < -0.3 is 9.32 Å². The molecule has 1 amide bonds. The summed E-state index contributed by atoms with van der Waals surface area (Å²) in [5.74, 6) is -0.562. The van der Waals surface area contributed by atoms with Crippen LogP contribution in [0, 0.1) is 19.7 Å². The molecule has 2 aromatic heterocycles. The Morgan fingerprint density at radius 3 is 2.61 bits per heavy atom. The molecule has 0 bridgehead atoms. The molecule has 148 valence electrons. The lowest BCUT2D eigenvalue weighted by Gasteiger charge is -2.09. The van der Waals surface area contributed by atoms with Crippen LogP contribution >= 0.6 is 0 Å². The second-order valence-corrected chi connectivity index (χ2v) is 8.11. The summed E-state index contributed by atoms with van der Waals surface area (Å²) in [6, 6.07) is 5.34. The summed E-state index contributed by atoms with van der Waals surface area (Å²) in [6.07, 6.45) is 1.34. The highest BCUT2D eigenvalue weighted by Crippen LogP contribution is 2.30. The van der Waals surface area contributed by atoms with Gasteiger partial charge in [0.05, 0.1) is 17.4 Å². The number of benzene rings is 1. The third kappa shape index (κ3) is 3.63. The van der Waals surface area contributed by atoms with E-state index in [4.69, 9.17) is 4.42 Å². The van der Waals surface area contributed by atoms with Gasteiger partial charge in [0.15, 0.2) is 5.76 Å². The second-order valence-electron chi connectivity index (χ2n) is 6.46. The summed E-state index contributed by atoms with van der Waals surface area (Å²) in [6.45, 7) is 3.06. The molecule has 0 spiro atoms. The number of nitrogens with one attached hydrogen (secondary N) is 2. The number of nitrogens with zero attached hydrogens (tertiary/aromatic N) is 2. The number of carbonyl (C=O) groups excluding carboxylic acids is 1. The number of amides is 1. The van der Waals surface area contributed by atoms with Crippen LogP contribution < -0.4 is 4.72 Å². The van der Waals surface area contributed by atoms with Gasteiger partial charge in [0.2, 0.25) is 0 Å². The number of hydrogen-bond acceptors (Lipinski definition) is 5. The second kappa shape index (κ2) is 7.12. The predicted octanol–water partition coefficient (Wildman–Crippen LogP) is 2.93. The maximum absolute atomic E-state index is 13.7. The van der Waals surface area contributed by atoms with Crippen molar-refractivity contribution in [1.29, 1.82) is 0 Å². The molecule has 0 fully saturated rings. The molecule has 28 heavy (non-hydrogen) atoms. The summed E-state index contributed by atoms with van der Waals surface area (Å²) >= 11 is 0. The molecule has 0 radical (unpaired) electrons. The van der Waals surface area contributed by atoms with E-state index in [1.54, 1.807) is 21.0 Å². The van der Waals surface area contributed by atoms with Gasteiger partial charge in [-0.25, -0.2) is 12.8 Å². The van der Waals surface area contributed by atoms with Crippen LogP contribution in [0.4, 0.5) is 10.1 Å². The predicted molar refractivity (Wildman–Crippen MR) is 101 cm³/mol. The SMILES string of the molecule is Cc1ccc(NS(=O)(=O)c2cc(-c3[nH]ncc3C(=O)N(C)C)oc2C)cc1F. The van der Waals surface area contributed by atoms with Gasteiger partial charge in [-0.3, -0.25) is 14.6 Å². The van der Waals surface area contributed by atoms with Crippen molar-refractivity contribution in [2.75, 3.05) is 18.8 Å². The van der Waals surface area contributed by atoms with E-state index in [1.807, 2.05) is 0 Å². The maximum atomic E-state index is 13.7.